The van der Waals surface area contributed by atoms with Gasteiger partial charge in [0.25, 0.3) is 0 Å². The predicted octanol–water partition coefficient (Wildman–Crippen LogP) is 3.57. The zero-order valence-corrected chi connectivity index (χ0v) is 14.9. The van der Waals surface area contributed by atoms with E-state index >= 15 is 0 Å². The van der Waals surface area contributed by atoms with Crippen LogP contribution in [0, 0.1) is 0 Å². The van der Waals surface area contributed by atoms with Gasteiger partial charge in [-0.1, -0.05) is 0 Å². The number of hydrogen-bond donors (Lipinski definition) is 0. The summed E-state index contributed by atoms with van der Waals surface area (Å²) in [5.74, 6) is 2.25. The third-order valence-corrected chi connectivity index (χ3v) is 3.70. The Hall–Kier alpha value is -3.02. The second kappa shape index (κ2) is 10.1. The second-order valence-electron chi connectivity index (χ2n) is 5.46. The Morgan fingerprint density at radius 3 is 1.46 bits per heavy atom. The molecule has 2 aromatic carbocycles. The molecule has 0 aliphatic carbocycles. The highest BCUT2D eigenvalue weighted by atomic mass is 16.5. The molecule has 0 saturated heterocycles. The smallest absolute Gasteiger partial charge is 0.161 e. The quantitative estimate of drug-likeness (QED) is 0.452. The van der Waals surface area contributed by atoms with Gasteiger partial charge in [-0.15, -0.1) is 0 Å². The highest BCUT2D eigenvalue weighted by molar-refractivity contribution is 5.76. The highest BCUT2D eigenvalue weighted by Crippen LogP contribution is 2.29. The summed E-state index contributed by atoms with van der Waals surface area (Å²) in [4.78, 5) is 21.7. The topological polar surface area (TPSA) is 71.1 Å². The Morgan fingerprint density at radius 2 is 1.12 bits per heavy atom. The first-order chi connectivity index (χ1) is 12.7. The van der Waals surface area contributed by atoms with Crippen LogP contribution >= 0.6 is 0 Å². The summed E-state index contributed by atoms with van der Waals surface area (Å²) in [5, 5.41) is 0. The zero-order chi connectivity index (χ0) is 18.8. The van der Waals surface area contributed by atoms with Crippen LogP contribution in [-0.4, -0.2) is 40.0 Å². The second-order valence-corrected chi connectivity index (χ2v) is 5.46. The lowest BCUT2D eigenvalue weighted by molar-refractivity contribution is 0.111. The highest BCUT2D eigenvalue weighted by Gasteiger charge is 2.07. The third kappa shape index (κ3) is 5.24. The molecule has 0 aliphatic heterocycles. The molecule has 0 radical (unpaired) electrons. The largest absolute Gasteiger partial charge is 0.493 e. The van der Waals surface area contributed by atoms with E-state index in [1.165, 1.54) is 0 Å². The van der Waals surface area contributed by atoms with E-state index in [-0.39, 0.29) is 0 Å². The van der Waals surface area contributed by atoms with Crippen molar-refractivity contribution in [1.82, 2.24) is 0 Å². The lowest BCUT2D eigenvalue weighted by Gasteiger charge is -2.12. The van der Waals surface area contributed by atoms with Gasteiger partial charge >= 0.3 is 0 Å². The van der Waals surface area contributed by atoms with Crippen molar-refractivity contribution in [1.29, 1.82) is 0 Å². The fraction of sp³-hybridized carbons (Fsp3) is 0.300. The van der Waals surface area contributed by atoms with Gasteiger partial charge in [0.2, 0.25) is 0 Å². The first kappa shape index (κ1) is 19.3. The molecule has 6 nitrogen and oxygen atoms in total. The normalized spacial score (nSPS) is 10.1. The van der Waals surface area contributed by atoms with Crippen LogP contribution in [-0.2, 0) is 0 Å². The van der Waals surface area contributed by atoms with Crippen molar-refractivity contribution >= 4 is 12.6 Å². The van der Waals surface area contributed by atoms with Crippen molar-refractivity contribution in [2.24, 2.45) is 0 Å². The van der Waals surface area contributed by atoms with Crippen molar-refractivity contribution in [3.63, 3.8) is 0 Å². The fourth-order valence-electron chi connectivity index (χ4n) is 2.33. The van der Waals surface area contributed by atoms with Gasteiger partial charge < -0.3 is 18.9 Å². The molecule has 0 amide bonds. The van der Waals surface area contributed by atoms with Crippen molar-refractivity contribution in [2.75, 3.05) is 27.4 Å². The minimum Gasteiger partial charge on any atom is -0.493 e. The van der Waals surface area contributed by atoms with Crippen LogP contribution < -0.4 is 18.9 Å². The minimum absolute atomic E-state index is 0.466. The molecule has 2 rings (SSSR count). The number of carbonyl (C=O) groups excluding carboxylic acids is 2. The SMILES string of the molecule is COc1ccc(C=O)cc1OCCCCOc1cc(C=O)ccc1OC. The maximum atomic E-state index is 10.9. The Balaban J connectivity index is 1.80. The number of aldehydes is 2. The molecular weight excluding hydrogens is 336 g/mol. The van der Waals surface area contributed by atoms with E-state index in [2.05, 4.69) is 0 Å². The van der Waals surface area contributed by atoms with Gasteiger partial charge in [0.05, 0.1) is 27.4 Å². The predicted molar refractivity (Wildman–Crippen MR) is 97.0 cm³/mol. The maximum Gasteiger partial charge on any atom is 0.161 e. The van der Waals surface area contributed by atoms with Crippen molar-refractivity contribution in [3.8, 4) is 23.0 Å². The molecule has 6 heteroatoms. The lowest BCUT2D eigenvalue weighted by Crippen LogP contribution is -2.04. The van der Waals surface area contributed by atoms with E-state index in [1.807, 2.05) is 0 Å². The molecule has 0 aliphatic rings. The van der Waals surface area contributed by atoms with Gasteiger partial charge in [-0.25, -0.2) is 0 Å². The van der Waals surface area contributed by atoms with Crippen LogP contribution in [0.1, 0.15) is 33.6 Å². The first-order valence-electron chi connectivity index (χ1n) is 8.24. The summed E-state index contributed by atoms with van der Waals surface area (Å²) in [6.07, 6.45) is 3.04. The van der Waals surface area contributed by atoms with E-state index in [9.17, 15) is 9.59 Å². The molecule has 0 aromatic heterocycles. The monoisotopic (exact) mass is 358 g/mol. The van der Waals surface area contributed by atoms with Crippen molar-refractivity contribution in [3.05, 3.63) is 47.5 Å². The van der Waals surface area contributed by atoms with Gasteiger partial charge in [0, 0.05) is 11.1 Å². The summed E-state index contributed by atoms with van der Waals surface area (Å²) in [5.41, 5.74) is 1.07. The van der Waals surface area contributed by atoms with E-state index in [0.717, 1.165) is 25.4 Å². The van der Waals surface area contributed by atoms with Crippen LogP contribution in [0.5, 0.6) is 23.0 Å². The number of carbonyl (C=O) groups is 2. The first-order valence-corrected chi connectivity index (χ1v) is 8.24. The molecular formula is C20H22O6. The molecule has 0 heterocycles. The van der Waals surface area contributed by atoms with Crippen LogP contribution in [0.25, 0.3) is 0 Å². The van der Waals surface area contributed by atoms with E-state index in [1.54, 1.807) is 50.6 Å². The van der Waals surface area contributed by atoms with Crippen LogP contribution in [0.15, 0.2) is 36.4 Å². The third-order valence-electron chi connectivity index (χ3n) is 3.70. The van der Waals surface area contributed by atoms with Gasteiger partial charge in [0.15, 0.2) is 23.0 Å². The standard InChI is InChI=1S/C20H22O6/c1-23-17-7-5-15(13-21)11-19(17)25-9-3-4-10-26-20-12-16(14-22)6-8-18(20)24-2/h5-8,11-14H,3-4,9-10H2,1-2H3. The zero-order valence-electron chi connectivity index (χ0n) is 14.9. The number of unbranched alkanes of at least 4 members (excludes halogenated alkanes) is 1. The summed E-state index contributed by atoms with van der Waals surface area (Å²) in [6, 6.07) is 10.1. The van der Waals surface area contributed by atoms with Crippen LogP contribution in [0.2, 0.25) is 0 Å². The number of benzene rings is 2. The minimum atomic E-state index is 0.466. The van der Waals surface area contributed by atoms with E-state index in [0.29, 0.717) is 47.3 Å². The molecule has 0 N–H and O–H groups in total. The molecule has 2 aromatic rings. The van der Waals surface area contributed by atoms with Crippen molar-refractivity contribution in [2.45, 2.75) is 12.8 Å². The molecule has 0 fully saturated rings. The van der Waals surface area contributed by atoms with E-state index in [4.69, 9.17) is 18.9 Å². The number of ether oxygens (including phenoxy) is 4. The molecule has 138 valence electrons. The Labute approximate surface area is 152 Å². The van der Waals surface area contributed by atoms with Crippen LogP contribution in [0.4, 0.5) is 0 Å². The van der Waals surface area contributed by atoms with Gasteiger partial charge in [-0.3, -0.25) is 9.59 Å². The summed E-state index contributed by atoms with van der Waals surface area (Å²) in [7, 11) is 3.11. The molecule has 26 heavy (non-hydrogen) atoms. The average Bonchev–Trinajstić information content (AvgIpc) is 2.70. The lowest BCUT2D eigenvalue weighted by atomic mass is 10.2. The Bertz CT molecular complexity index is 678. The number of methoxy groups -OCH3 is 2. The van der Waals surface area contributed by atoms with Crippen molar-refractivity contribution < 1.29 is 28.5 Å². The fourth-order valence-corrected chi connectivity index (χ4v) is 2.33. The maximum absolute atomic E-state index is 10.9. The summed E-state index contributed by atoms with van der Waals surface area (Å²) in [6.45, 7) is 0.932. The summed E-state index contributed by atoms with van der Waals surface area (Å²) < 4.78 is 21.8. The number of hydrogen-bond acceptors (Lipinski definition) is 6. The molecule has 0 atom stereocenters. The van der Waals surface area contributed by atoms with Gasteiger partial charge in [-0.05, 0) is 49.2 Å². The van der Waals surface area contributed by atoms with Crippen LogP contribution in [0.3, 0.4) is 0 Å². The molecule has 0 saturated carbocycles. The molecule has 0 spiro atoms. The average molecular weight is 358 g/mol. The van der Waals surface area contributed by atoms with E-state index < -0.39 is 0 Å². The summed E-state index contributed by atoms with van der Waals surface area (Å²) >= 11 is 0. The van der Waals surface area contributed by atoms with Gasteiger partial charge in [0.1, 0.15) is 12.6 Å². The number of rotatable bonds is 11. The Morgan fingerprint density at radius 1 is 0.692 bits per heavy atom. The molecule has 0 unspecified atom stereocenters. The van der Waals surface area contributed by atoms with Gasteiger partial charge in [-0.2, -0.15) is 0 Å². The Kier molecular flexibility index (Phi) is 7.49. The molecule has 0 bridgehead atoms.